The summed E-state index contributed by atoms with van der Waals surface area (Å²) in [4.78, 5) is 10.8. The molecule has 0 spiro atoms. The van der Waals surface area contributed by atoms with Crippen molar-refractivity contribution in [3.05, 3.63) is 48.4 Å². The molecule has 0 fully saturated rings. The summed E-state index contributed by atoms with van der Waals surface area (Å²) in [6, 6.07) is 10.7. The molecule has 0 bridgehead atoms. The average Bonchev–Trinajstić information content (AvgIpc) is 2.91. The molecule has 22 heavy (non-hydrogen) atoms. The maximum absolute atomic E-state index is 4.35. The number of aryl methyl sites for hydroxylation is 1. The van der Waals surface area contributed by atoms with Gasteiger partial charge in [-0.25, -0.2) is 9.97 Å². The summed E-state index contributed by atoms with van der Waals surface area (Å²) in [6.45, 7) is 0.762. The quantitative estimate of drug-likeness (QED) is 0.781. The third kappa shape index (κ3) is 2.78. The summed E-state index contributed by atoms with van der Waals surface area (Å²) < 4.78 is 1.75. The van der Waals surface area contributed by atoms with Crippen LogP contribution in [0.15, 0.2) is 42.9 Å². The zero-order valence-electron chi connectivity index (χ0n) is 13.1. The highest BCUT2D eigenvalue weighted by Gasteiger charge is 2.15. The first-order valence-electron chi connectivity index (χ1n) is 7.25. The molecular formula is C16H20N6. The number of likely N-dealkylation sites (N-methyl/N-ethyl adjacent to an activating group) is 1. The molecule has 1 aromatic carbocycles. The number of benzene rings is 1. The van der Waals surface area contributed by atoms with Gasteiger partial charge in [-0.2, -0.15) is 5.10 Å². The molecule has 0 amide bonds. The van der Waals surface area contributed by atoms with Crippen LogP contribution in [0.1, 0.15) is 11.6 Å². The predicted octanol–water partition coefficient (Wildman–Crippen LogP) is 2.08. The molecule has 1 atom stereocenters. The van der Waals surface area contributed by atoms with Gasteiger partial charge in [0.05, 0.1) is 17.6 Å². The zero-order chi connectivity index (χ0) is 15.5. The fourth-order valence-electron chi connectivity index (χ4n) is 2.57. The van der Waals surface area contributed by atoms with Crippen molar-refractivity contribution in [3.63, 3.8) is 0 Å². The van der Waals surface area contributed by atoms with E-state index in [1.807, 2.05) is 13.1 Å². The molecule has 0 aliphatic carbocycles. The smallest absolute Gasteiger partial charge is 0.163 e. The van der Waals surface area contributed by atoms with Crippen LogP contribution >= 0.6 is 0 Å². The molecule has 2 aromatic heterocycles. The van der Waals surface area contributed by atoms with Crippen molar-refractivity contribution in [2.24, 2.45) is 7.05 Å². The average molecular weight is 296 g/mol. The monoisotopic (exact) mass is 296 g/mol. The van der Waals surface area contributed by atoms with E-state index in [0.717, 1.165) is 23.4 Å². The van der Waals surface area contributed by atoms with E-state index in [1.54, 1.807) is 17.2 Å². The first-order chi connectivity index (χ1) is 10.7. The predicted molar refractivity (Wildman–Crippen MR) is 87.7 cm³/mol. The van der Waals surface area contributed by atoms with Crippen LogP contribution in [0, 0.1) is 0 Å². The molecule has 0 radical (unpaired) electrons. The van der Waals surface area contributed by atoms with E-state index in [9.17, 15) is 0 Å². The van der Waals surface area contributed by atoms with Gasteiger partial charge in [-0.3, -0.25) is 4.68 Å². The van der Waals surface area contributed by atoms with Crippen molar-refractivity contribution >= 4 is 16.9 Å². The van der Waals surface area contributed by atoms with Gasteiger partial charge < -0.3 is 10.2 Å². The van der Waals surface area contributed by atoms with Gasteiger partial charge in [-0.1, -0.05) is 30.3 Å². The summed E-state index contributed by atoms with van der Waals surface area (Å²) in [7, 11) is 6.05. The van der Waals surface area contributed by atoms with Gasteiger partial charge in [0.15, 0.2) is 5.65 Å². The van der Waals surface area contributed by atoms with E-state index < -0.39 is 0 Å². The minimum atomic E-state index is 0.267. The number of nitrogens with one attached hydrogen (secondary N) is 1. The Morgan fingerprint density at radius 3 is 2.68 bits per heavy atom. The van der Waals surface area contributed by atoms with E-state index in [2.05, 4.69) is 63.6 Å². The fourth-order valence-corrected chi connectivity index (χ4v) is 2.57. The number of anilines is 1. The van der Waals surface area contributed by atoms with Crippen molar-refractivity contribution in [2.45, 2.75) is 6.04 Å². The summed E-state index contributed by atoms with van der Waals surface area (Å²) in [6.07, 6.45) is 3.37. The molecule has 114 valence electrons. The number of aromatic nitrogens is 4. The molecule has 6 nitrogen and oxygen atoms in total. The Balaban J connectivity index is 1.83. The molecule has 0 saturated heterocycles. The molecule has 0 aliphatic rings. The van der Waals surface area contributed by atoms with Gasteiger partial charge in [0.1, 0.15) is 12.1 Å². The number of hydrogen-bond donors (Lipinski definition) is 1. The topological polar surface area (TPSA) is 58.9 Å². The maximum Gasteiger partial charge on any atom is 0.163 e. The molecule has 3 rings (SSSR count). The number of rotatable bonds is 5. The van der Waals surface area contributed by atoms with Crippen molar-refractivity contribution in [1.82, 2.24) is 24.6 Å². The Bertz CT molecular complexity index is 750. The summed E-state index contributed by atoms with van der Waals surface area (Å²) in [5.74, 6) is 0.820. The van der Waals surface area contributed by atoms with E-state index in [4.69, 9.17) is 0 Å². The van der Waals surface area contributed by atoms with Crippen molar-refractivity contribution in [2.75, 3.05) is 26.0 Å². The van der Waals surface area contributed by atoms with Gasteiger partial charge in [-0.05, 0) is 19.7 Å². The standard InChI is InChI=1S/C16H20N6/c1-21(2)14(12-7-5-4-6-8-12)10-17-15-13-9-20-22(3)16(13)19-11-18-15/h4-9,11,14H,10H2,1-3H3,(H,17,18,19)/t14-/m1/s1. The minimum absolute atomic E-state index is 0.267. The van der Waals surface area contributed by atoms with E-state index in [0.29, 0.717) is 0 Å². The number of hydrogen-bond acceptors (Lipinski definition) is 5. The normalized spacial score (nSPS) is 12.7. The summed E-state index contributed by atoms with van der Waals surface area (Å²) >= 11 is 0. The van der Waals surface area contributed by atoms with Crippen LogP contribution in [-0.2, 0) is 7.05 Å². The van der Waals surface area contributed by atoms with Crippen LogP contribution in [0.25, 0.3) is 11.0 Å². The Kier molecular flexibility index (Phi) is 4.02. The lowest BCUT2D eigenvalue weighted by Crippen LogP contribution is -2.27. The lowest BCUT2D eigenvalue weighted by Gasteiger charge is -2.25. The fraction of sp³-hybridized carbons (Fsp3) is 0.312. The largest absolute Gasteiger partial charge is 0.367 e. The Morgan fingerprint density at radius 2 is 1.95 bits per heavy atom. The molecule has 1 N–H and O–H groups in total. The van der Waals surface area contributed by atoms with E-state index >= 15 is 0 Å². The zero-order valence-corrected chi connectivity index (χ0v) is 13.1. The van der Waals surface area contributed by atoms with Gasteiger partial charge in [-0.15, -0.1) is 0 Å². The van der Waals surface area contributed by atoms with Crippen LogP contribution in [0.5, 0.6) is 0 Å². The summed E-state index contributed by atoms with van der Waals surface area (Å²) in [5, 5.41) is 8.62. The van der Waals surface area contributed by atoms with Crippen LogP contribution in [-0.4, -0.2) is 45.3 Å². The molecule has 3 aromatic rings. The van der Waals surface area contributed by atoms with Crippen LogP contribution in [0.2, 0.25) is 0 Å². The maximum atomic E-state index is 4.35. The van der Waals surface area contributed by atoms with E-state index in [1.165, 1.54) is 5.56 Å². The molecular weight excluding hydrogens is 276 g/mol. The minimum Gasteiger partial charge on any atom is -0.367 e. The number of fused-ring (bicyclic) bond motifs is 1. The highest BCUT2D eigenvalue weighted by Crippen LogP contribution is 2.21. The Hall–Kier alpha value is -2.47. The second kappa shape index (κ2) is 6.11. The summed E-state index contributed by atoms with van der Waals surface area (Å²) in [5.41, 5.74) is 2.11. The third-order valence-corrected chi connectivity index (χ3v) is 3.80. The molecule has 6 heteroatoms. The van der Waals surface area contributed by atoms with Crippen LogP contribution in [0.4, 0.5) is 5.82 Å². The number of nitrogens with zero attached hydrogens (tertiary/aromatic N) is 5. The highest BCUT2D eigenvalue weighted by atomic mass is 15.3. The van der Waals surface area contributed by atoms with Crippen LogP contribution in [0.3, 0.4) is 0 Å². The Morgan fingerprint density at radius 1 is 1.18 bits per heavy atom. The molecule has 2 heterocycles. The van der Waals surface area contributed by atoms with Crippen molar-refractivity contribution < 1.29 is 0 Å². The van der Waals surface area contributed by atoms with Gasteiger partial charge >= 0.3 is 0 Å². The second-order valence-electron chi connectivity index (χ2n) is 5.50. The second-order valence-corrected chi connectivity index (χ2v) is 5.50. The first kappa shape index (κ1) is 14.5. The highest BCUT2D eigenvalue weighted by molar-refractivity contribution is 5.85. The third-order valence-electron chi connectivity index (χ3n) is 3.80. The molecule has 0 aliphatic heterocycles. The van der Waals surface area contributed by atoms with Crippen molar-refractivity contribution in [3.8, 4) is 0 Å². The van der Waals surface area contributed by atoms with Gasteiger partial charge in [0.25, 0.3) is 0 Å². The Labute approximate surface area is 129 Å². The lowest BCUT2D eigenvalue weighted by molar-refractivity contribution is 0.311. The molecule has 0 unspecified atom stereocenters. The van der Waals surface area contributed by atoms with Gasteiger partial charge in [0, 0.05) is 13.6 Å². The van der Waals surface area contributed by atoms with Crippen LogP contribution < -0.4 is 5.32 Å². The first-order valence-corrected chi connectivity index (χ1v) is 7.25. The van der Waals surface area contributed by atoms with Gasteiger partial charge in [0.2, 0.25) is 0 Å². The SMILES string of the molecule is CN(C)[C@H](CNc1ncnc2c1cnn2C)c1ccccc1. The van der Waals surface area contributed by atoms with Crippen molar-refractivity contribution in [1.29, 1.82) is 0 Å². The lowest BCUT2D eigenvalue weighted by atomic mass is 10.1. The molecule has 0 saturated carbocycles. The van der Waals surface area contributed by atoms with E-state index in [-0.39, 0.29) is 6.04 Å².